The highest BCUT2D eigenvalue weighted by atomic mass is 19.1. The van der Waals surface area contributed by atoms with Crippen LogP contribution < -0.4 is 5.32 Å². The Kier molecular flexibility index (Phi) is 3.59. The molecule has 0 heterocycles. The topological polar surface area (TPSA) is 12.0 Å². The van der Waals surface area contributed by atoms with Gasteiger partial charge < -0.3 is 5.32 Å². The second-order valence-corrected chi connectivity index (χ2v) is 4.87. The molecule has 0 saturated heterocycles. The number of nitrogens with one attached hydrogen (secondary N) is 1. The van der Waals surface area contributed by atoms with Gasteiger partial charge in [-0.3, -0.25) is 0 Å². The molecule has 1 unspecified atom stereocenters. The van der Waals surface area contributed by atoms with Crippen LogP contribution in [-0.2, 0) is 0 Å². The fourth-order valence-electron chi connectivity index (χ4n) is 2.17. The number of halogens is 1. The lowest BCUT2D eigenvalue weighted by atomic mass is 9.99. The largest absolute Gasteiger partial charge is 0.313 e. The van der Waals surface area contributed by atoms with Gasteiger partial charge in [0.25, 0.3) is 0 Å². The van der Waals surface area contributed by atoms with Gasteiger partial charge in [-0.15, -0.1) is 0 Å². The molecule has 2 rings (SSSR count). The zero-order valence-electron chi connectivity index (χ0n) is 10.1. The summed E-state index contributed by atoms with van der Waals surface area (Å²) in [7, 11) is 1.98. The Labute approximate surface area is 97.1 Å². The molecule has 0 amide bonds. The first-order valence-corrected chi connectivity index (χ1v) is 6.14. The Balaban J connectivity index is 2.02. The first kappa shape index (κ1) is 11.6. The predicted octanol–water partition coefficient (Wildman–Crippen LogP) is 3.58. The molecule has 1 aliphatic carbocycles. The monoisotopic (exact) mass is 221 g/mol. The fourth-order valence-corrected chi connectivity index (χ4v) is 2.17. The van der Waals surface area contributed by atoms with Crippen molar-refractivity contribution in [2.75, 3.05) is 7.05 Å². The van der Waals surface area contributed by atoms with Crippen molar-refractivity contribution in [2.45, 2.75) is 38.6 Å². The highest BCUT2D eigenvalue weighted by Gasteiger charge is 2.22. The lowest BCUT2D eigenvalue weighted by molar-refractivity contribution is 0.504. The number of hydrogen-bond donors (Lipinski definition) is 1. The van der Waals surface area contributed by atoms with Crippen LogP contribution in [0.3, 0.4) is 0 Å². The van der Waals surface area contributed by atoms with Gasteiger partial charge in [0.05, 0.1) is 0 Å². The fraction of sp³-hybridized carbons (Fsp3) is 0.571. The molecular weight excluding hydrogens is 201 g/mol. The maximum Gasteiger partial charge on any atom is 0.126 e. The Morgan fingerprint density at radius 1 is 1.44 bits per heavy atom. The van der Waals surface area contributed by atoms with Gasteiger partial charge in [0.1, 0.15) is 5.82 Å². The van der Waals surface area contributed by atoms with E-state index in [1.807, 2.05) is 26.1 Å². The van der Waals surface area contributed by atoms with Gasteiger partial charge >= 0.3 is 0 Å². The summed E-state index contributed by atoms with van der Waals surface area (Å²) >= 11 is 0. The zero-order chi connectivity index (χ0) is 11.5. The molecule has 0 radical (unpaired) electrons. The van der Waals surface area contributed by atoms with E-state index in [9.17, 15) is 4.39 Å². The van der Waals surface area contributed by atoms with Crippen molar-refractivity contribution in [1.82, 2.24) is 5.32 Å². The number of benzene rings is 1. The van der Waals surface area contributed by atoms with Crippen LogP contribution in [0.25, 0.3) is 0 Å². The molecule has 2 heteroatoms. The third-order valence-electron chi connectivity index (χ3n) is 3.49. The number of hydrogen-bond acceptors (Lipinski definition) is 1. The van der Waals surface area contributed by atoms with Gasteiger partial charge in [-0.1, -0.05) is 25.0 Å². The molecule has 1 aromatic carbocycles. The van der Waals surface area contributed by atoms with Gasteiger partial charge in [0.15, 0.2) is 0 Å². The average Bonchev–Trinajstić information content (AvgIpc) is 3.08. The molecule has 1 N–H and O–H groups in total. The number of aryl methyl sites for hydroxylation is 1. The van der Waals surface area contributed by atoms with Gasteiger partial charge in [0.2, 0.25) is 0 Å². The molecule has 16 heavy (non-hydrogen) atoms. The van der Waals surface area contributed by atoms with Gasteiger partial charge in [-0.05, 0) is 49.9 Å². The zero-order valence-corrected chi connectivity index (χ0v) is 10.1. The average molecular weight is 221 g/mol. The van der Waals surface area contributed by atoms with Crippen LogP contribution in [0.15, 0.2) is 18.2 Å². The van der Waals surface area contributed by atoms with Crippen LogP contribution in [0.1, 0.15) is 42.9 Å². The van der Waals surface area contributed by atoms with E-state index in [0.717, 1.165) is 17.9 Å². The third kappa shape index (κ3) is 2.82. The summed E-state index contributed by atoms with van der Waals surface area (Å²) < 4.78 is 13.2. The van der Waals surface area contributed by atoms with E-state index in [4.69, 9.17) is 0 Å². The van der Waals surface area contributed by atoms with Gasteiger partial charge in [0, 0.05) is 6.04 Å². The maximum absolute atomic E-state index is 13.2. The summed E-state index contributed by atoms with van der Waals surface area (Å²) in [5, 5.41) is 3.33. The molecule has 0 bridgehead atoms. The first-order chi connectivity index (χ1) is 7.70. The SMILES string of the molecule is CNC(CCC1CC1)c1ccc(F)c(C)c1. The molecule has 1 saturated carbocycles. The summed E-state index contributed by atoms with van der Waals surface area (Å²) in [5.41, 5.74) is 1.95. The van der Waals surface area contributed by atoms with E-state index < -0.39 is 0 Å². The molecule has 1 aromatic rings. The van der Waals surface area contributed by atoms with Crippen molar-refractivity contribution < 1.29 is 4.39 Å². The normalized spacial score (nSPS) is 17.4. The molecule has 88 valence electrons. The van der Waals surface area contributed by atoms with Crippen LogP contribution in [0.5, 0.6) is 0 Å². The molecule has 0 aromatic heterocycles. The van der Waals surface area contributed by atoms with Crippen molar-refractivity contribution in [3.8, 4) is 0 Å². The second kappa shape index (κ2) is 4.96. The van der Waals surface area contributed by atoms with Crippen molar-refractivity contribution in [1.29, 1.82) is 0 Å². The quantitative estimate of drug-likeness (QED) is 0.801. The summed E-state index contributed by atoms with van der Waals surface area (Å²) in [6.07, 6.45) is 5.26. The molecule has 1 nitrogen and oxygen atoms in total. The summed E-state index contributed by atoms with van der Waals surface area (Å²) in [4.78, 5) is 0. The standard InChI is InChI=1S/C14H20FN/c1-10-9-12(6-7-13(10)15)14(16-2)8-5-11-3-4-11/h6-7,9,11,14,16H,3-5,8H2,1-2H3. The van der Waals surface area contributed by atoms with Crippen molar-refractivity contribution in [3.63, 3.8) is 0 Å². The van der Waals surface area contributed by atoms with Crippen molar-refractivity contribution >= 4 is 0 Å². The highest BCUT2D eigenvalue weighted by molar-refractivity contribution is 5.26. The lowest BCUT2D eigenvalue weighted by Gasteiger charge is -2.17. The second-order valence-electron chi connectivity index (χ2n) is 4.87. The lowest BCUT2D eigenvalue weighted by Crippen LogP contribution is -2.16. The Morgan fingerprint density at radius 3 is 2.75 bits per heavy atom. The van der Waals surface area contributed by atoms with E-state index in [2.05, 4.69) is 5.32 Å². The molecular formula is C14H20FN. The highest BCUT2D eigenvalue weighted by Crippen LogP contribution is 2.35. The maximum atomic E-state index is 13.2. The van der Waals surface area contributed by atoms with E-state index >= 15 is 0 Å². The van der Waals surface area contributed by atoms with Crippen LogP contribution in [0.2, 0.25) is 0 Å². The summed E-state index contributed by atoms with van der Waals surface area (Å²) in [6.45, 7) is 1.83. The van der Waals surface area contributed by atoms with Crippen molar-refractivity contribution in [3.05, 3.63) is 35.1 Å². The Bertz CT molecular complexity index is 358. The van der Waals surface area contributed by atoms with E-state index in [-0.39, 0.29) is 5.82 Å². The third-order valence-corrected chi connectivity index (χ3v) is 3.49. The van der Waals surface area contributed by atoms with E-state index in [0.29, 0.717) is 6.04 Å². The Hall–Kier alpha value is -0.890. The summed E-state index contributed by atoms with van der Waals surface area (Å²) in [5.74, 6) is 0.846. The van der Waals surface area contributed by atoms with E-state index in [1.54, 1.807) is 6.07 Å². The molecule has 1 atom stereocenters. The molecule has 1 aliphatic rings. The first-order valence-electron chi connectivity index (χ1n) is 6.14. The number of rotatable bonds is 5. The molecule has 0 aliphatic heterocycles. The van der Waals surface area contributed by atoms with Crippen LogP contribution in [0, 0.1) is 18.7 Å². The van der Waals surface area contributed by atoms with E-state index in [1.165, 1.54) is 24.8 Å². The smallest absolute Gasteiger partial charge is 0.126 e. The Morgan fingerprint density at radius 2 is 2.19 bits per heavy atom. The predicted molar refractivity (Wildman–Crippen MR) is 64.9 cm³/mol. The van der Waals surface area contributed by atoms with Crippen LogP contribution in [-0.4, -0.2) is 7.05 Å². The van der Waals surface area contributed by atoms with Gasteiger partial charge in [-0.25, -0.2) is 4.39 Å². The van der Waals surface area contributed by atoms with Crippen LogP contribution >= 0.6 is 0 Å². The summed E-state index contributed by atoms with van der Waals surface area (Å²) in [6, 6.07) is 5.81. The minimum atomic E-state index is -0.110. The van der Waals surface area contributed by atoms with Crippen LogP contribution in [0.4, 0.5) is 4.39 Å². The molecule has 0 spiro atoms. The molecule has 1 fully saturated rings. The minimum Gasteiger partial charge on any atom is -0.313 e. The minimum absolute atomic E-state index is 0.110. The van der Waals surface area contributed by atoms with Gasteiger partial charge in [-0.2, -0.15) is 0 Å². The van der Waals surface area contributed by atoms with Crippen molar-refractivity contribution in [2.24, 2.45) is 5.92 Å².